The molecule has 132 valence electrons. The van der Waals surface area contributed by atoms with E-state index in [9.17, 15) is 13.2 Å². The molecular formula is C20H23NO3S. The van der Waals surface area contributed by atoms with Gasteiger partial charge in [0.2, 0.25) is 5.91 Å². The third kappa shape index (κ3) is 4.48. The lowest BCUT2D eigenvalue weighted by Crippen LogP contribution is -2.18. The summed E-state index contributed by atoms with van der Waals surface area (Å²) in [7, 11) is -3.24. The number of sulfone groups is 1. The number of nitrogens with one attached hydrogen (secondary N) is 1. The number of rotatable bonds is 6. The molecule has 1 saturated carbocycles. The van der Waals surface area contributed by atoms with E-state index in [0.717, 1.165) is 31.2 Å². The van der Waals surface area contributed by atoms with Crippen LogP contribution in [0.1, 0.15) is 37.7 Å². The summed E-state index contributed by atoms with van der Waals surface area (Å²) in [4.78, 5) is 12.4. The molecule has 0 aromatic heterocycles. The van der Waals surface area contributed by atoms with Gasteiger partial charge >= 0.3 is 0 Å². The molecule has 0 radical (unpaired) electrons. The molecule has 1 N–H and O–H groups in total. The van der Waals surface area contributed by atoms with E-state index in [1.54, 1.807) is 24.3 Å². The van der Waals surface area contributed by atoms with E-state index in [-0.39, 0.29) is 11.2 Å². The summed E-state index contributed by atoms with van der Waals surface area (Å²) in [6, 6.07) is 16.4. The SMILES string of the molecule is O=C(CCc1ccccc1)Nc1ccc(S(=O)(=O)C2CCCC2)cc1. The average Bonchev–Trinajstić information content (AvgIpc) is 3.17. The van der Waals surface area contributed by atoms with Gasteiger partial charge in [-0.2, -0.15) is 0 Å². The van der Waals surface area contributed by atoms with Gasteiger partial charge in [-0.1, -0.05) is 43.2 Å². The fraction of sp³-hybridized carbons (Fsp3) is 0.350. The topological polar surface area (TPSA) is 63.2 Å². The smallest absolute Gasteiger partial charge is 0.224 e. The van der Waals surface area contributed by atoms with Gasteiger partial charge in [-0.15, -0.1) is 0 Å². The van der Waals surface area contributed by atoms with Crippen molar-refractivity contribution in [3.63, 3.8) is 0 Å². The van der Waals surface area contributed by atoms with E-state index in [2.05, 4.69) is 5.32 Å². The van der Waals surface area contributed by atoms with E-state index in [1.165, 1.54) is 0 Å². The average molecular weight is 357 g/mol. The van der Waals surface area contributed by atoms with Crippen LogP contribution in [-0.4, -0.2) is 19.6 Å². The van der Waals surface area contributed by atoms with Crippen LogP contribution in [0, 0.1) is 0 Å². The van der Waals surface area contributed by atoms with Gasteiger partial charge in [-0.25, -0.2) is 8.42 Å². The minimum absolute atomic E-state index is 0.0738. The molecule has 0 unspecified atom stereocenters. The molecule has 1 fully saturated rings. The molecule has 0 heterocycles. The first-order valence-electron chi connectivity index (χ1n) is 8.73. The predicted molar refractivity (Wildman–Crippen MR) is 99.3 cm³/mol. The molecule has 0 bridgehead atoms. The Balaban J connectivity index is 1.58. The zero-order valence-corrected chi connectivity index (χ0v) is 15.0. The molecule has 2 aromatic carbocycles. The predicted octanol–water partition coefficient (Wildman–Crippen LogP) is 3.97. The molecule has 0 saturated heterocycles. The van der Waals surface area contributed by atoms with E-state index < -0.39 is 9.84 Å². The number of carbonyl (C=O) groups excluding carboxylic acids is 1. The maximum absolute atomic E-state index is 12.5. The normalized spacial score (nSPS) is 15.2. The summed E-state index contributed by atoms with van der Waals surface area (Å²) >= 11 is 0. The fourth-order valence-corrected chi connectivity index (χ4v) is 5.10. The maximum atomic E-state index is 12.5. The van der Waals surface area contributed by atoms with Gasteiger partial charge in [0.1, 0.15) is 0 Å². The van der Waals surface area contributed by atoms with Gasteiger partial charge < -0.3 is 5.32 Å². The highest BCUT2D eigenvalue weighted by Gasteiger charge is 2.30. The van der Waals surface area contributed by atoms with Crippen LogP contribution in [0.5, 0.6) is 0 Å². The second kappa shape index (κ2) is 7.83. The third-order valence-electron chi connectivity index (χ3n) is 4.69. The molecule has 2 aromatic rings. The highest BCUT2D eigenvalue weighted by atomic mass is 32.2. The Labute approximate surface area is 149 Å². The van der Waals surface area contributed by atoms with Gasteiger partial charge in [-0.05, 0) is 49.1 Å². The van der Waals surface area contributed by atoms with Crippen LogP contribution in [-0.2, 0) is 21.1 Å². The van der Waals surface area contributed by atoms with Crippen molar-refractivity contribution in [1.29, 1.82) is 0 Å². The van der Waals surface area contributed by atoms with Crippen molar-refractivity contribution >= 4 is 21.4 Å². The molecule has 1 amide bonds. The summed E-state index contributed by atoms with van der Waals surface area (Å²) in [6.45, 7) is 0. The molecule has 1 aliphatic rings. The van der Waals surface area contributed by atoms with Crippen LogP contribution in [0.4, 0.5) is 5.69 Å². The number of aryl methyl sites for hydroxylation is 1. The monoisotopic (exact) mass is 357 g/mol. The van der Waals surface area contributed by atoms with Crippen LogP contribution in [0.25, 0.3) is 0 Å². The number of hydrogen-bond donors (Lipinski definition) is 1. The molecule has 4 nitrogen and oxygen atoms in total. The summed E-state index contributed by atoms with van der Waals surface area (Å²) < 4.78 is 25.1. The van der Waals surface area contributed by atoms with Gasteiger partial charge in [0, 0.05) is 12.1 Å². The quantitative estimate of drug-likeness (QED) is 0.851. The van der Waals surface area contributed by atoms with Crippen molar-refractivity contribution in [2.24, 2.45) is 0 Å². The Bertz CT molecular complexity index is 808. The molecule has 5 heteroatoms. The van der Waals surface area contributed by atoms with Crippen LogP contribution < -0.4 is 5.32 Å². The summed E-state index contributed by atoms with van der Waals surface area (Å²) in [6.07, 6.45) is 4.55. The first-order chi connectivity index (χ1) is 12.1. The van der Waals surface area contributed by atoms with Gasteiger partial charge in [0.25, 0.3) is 0 Å². The lowest BCUT2D eigenvalue weighted by molar-refractivity contribution is -0.116. The van der Waals surface area contributed by atoms with Gasteiger partial charge in [0.05, 0.1) is 10.1 Å². The fourth-order valence-electron chi connectivity index (χ4n) is 3.25. The maximum Gasteiger partial charge on any atom is 0.224 e. The van der Waals surface area contributed by atoms with E-state index in [0.29, 0.717) is 23.4 Å². The Morgan fingerprint density at radius 1 is 0.960 bits per heavy atom. The minimum Gasteiger partial charge on any atom is -0.326 e. The molecule has 25 heavy (non-hydrogen) atoms. The van der Waals surface area contributed by atoms with E-state index in [1.807, 2.05) is 30.3 Å². The molecule has 3 rings (SSSR count). The lowest BCUT2D eigenvalue weighted by atomic mass is 10.1. The number of hydrogen-bond acceptors (Lipinski definition) is 3. The van der Waals surface area contributed by atoms with Gasteiger partial charge in [0.15, 0.2) is 9.84 Å². The zero-order valence-electron chi connectivity index (χ0n) is 14.1. The van der Waals surface area contributed by atoms with E-state index >= 15 is 0 Å². The van der Waals surface area contributed by atoms with E-state index in [4.69, 9.17) is 0 Å². The number of benzene rings is 2. The largest absolute Gasteiger partial charge is 0.326 e. The second-order valence-corrected chi connectivity index (χ2v) is 8.74. The standard InChI is InChI=1S/C20H23NO3S/c22-20(15-10-16-6-2-1-3-7-16)21-17-11-13-19(14-12-17)25(23,24)18-8-4-5-9-18/h1-3,6-7,11-14,18H,4-5,8-10,15H2,(H,21,22). The Hall–Kier alpha value is -2.14. The Morgan fingerprint density at radius 2 is 1.60 bits per heavy atom. The molecular weight excluding hydrogens is 334 g/mol. The molecule has 0 atom stereocenters. The summed E-state index contributed by atoms with van der Waals surface area (Å²) in [5.74, 6) is -0.0738. The zero-order chi connectivity index (χ0) is 17.7. The van der Waals surface area contributed by atoms with Crippen molar-refractivity contribution in [2.45, 2.75) is 48.7 Å². The summed E-state index contributed by atoms with van der Waals surface area (Å²) in [5.41, 5.74) is 1.75. The Morgan fingerprint density at radius 3 is 2.24 bits per heavy atom. The lowest BCUT2D eigenvalue weighted by Gasteiger charge is -2.12. The third-order valence-corrected chi connectivity index (χ3v) is 6.97. The molecule has 0 spiro atoms. The summed E-state index contributed by atoms with van der Waals surface area (Å²) in [5, 5.41) is 2.58. The van der Waals surface area contributed by atoms with Crippen molar-refractivity contribution in [3.8, 4) is 0 Å². The van der Waals surface area contributed by atoms with Crippen LogP contribution in [0.2, 0.25) is 0 Å². The number of amides is 1. The van der Waals surface area contributed by atoms with Crippen LogP contribution in [0.3, 0.4) is 0 Å². The number of anilines is 1. The molecule has 1 aliphatic carbocycles. The van der Waals surface area contributed by atoms with Gasteiger partial charge in [-0.3, -0.25) is 4.79 Å². The molecule has 0 aliphatic heterocycles. The minimum atomic E-state index is -3.24. The van der Waals surface area contributed by atoms with Crippen molar-refractivity contribution in [1.82, 2.24) is 0 Å². The highest BCUT2D eigenvalue weighted by molar-refractivity contribution is 7.92. The first kappa shape index (κ1) is 17.7. The second-order valence-electron chi connectivity index (χ2n) is 6.51. The van der Waals surface area contributed by atoms with Crippen LogP contribution >= 0.6 is 0 Å². The van der Waals surface area contributed by atoms with Crippen molar-refractivity contribution in [2.75, 3.05) is 5.32 Å². The highest BCUT2D eigenvalue weighted by Crippen LogP contribution is 2.30. The Kier molecular flexibility index (Phi) is 5.53. The number of carbonyl (C=O) groups is 1. The van der Waals surface area contributed by atoms with Crippen molar-refractivity contribution < 1.29 is 13.2 Å². The van der Waals surface area contributed by atoms with Crippen molar-refractivity contribution in [3.05, 3.63) is 60.2 Å². The van der Waals surface area contributed by atoms with Crippen LogP contribution in [0.15, 0.2) is 59.5 Å². The first-order valence-corrected chi connectivity index (χ1v) is 10.3.